The first-order chi connectivity index (χ1) is 12.7. The standard InChI is InChI=1S/C22H20ClNO2/c23-21-12-5-4-9-18(21)13-14-22(25)24-19-10-6-11-20(15-19)26-16-17-7-2-1-3-8-17/h1-12,15H,13-14,16H2,(H,24,25). The first-order valence-electron chi connectivity index (χ1n) is 8.51. The molecule has 0 aliphatic rings. The van der Waals surface area contributed by atoms with Crippen LogP contribution in [0.5, 0.6) is 5.75 Å². The van der Waals surface area contributed by atoms with Crippen LogP contribution in [0.2, 0.25) is 5.02 Å². The fraction of sp³-hybridized carbons (Fsp3) is 0.136. The lowest BCUT2D eigenvalue weighted by Crippen LogP contribution is -2.12. The fourth-order valence-electron chi connectivity index (χ4n) is 2.58. The van der Waals surface area contributed by atoms with Crippen molar-refractivity contribution in [1.29, 1.82) is 0 Å². The van der Waals surface area contributed by atoms with Crippen molar-refractivity contribution in [2.24, 2.45) is 0 Å². The molecule has 0 atom stereocenters. The zero-order valence-corrected chi connectivity index (χ0v) is 15.1. The zero-order chi connectivity index (χ0) is 18.2. The first kappa shape index (κ1) is 18.0. The Hall–Kier alpha value is -2.78. The quantitative estimate of drug-likeness (QED) is 0.601. The van der Waals surface area contributed by atoms with Crippen molar-refractivity contribution in [3.63, 3.8) is 0 Å². The maximum Gasteiger partial charge on any atom is 0.224 e. The number of nitrogens with one attached hydrogen (secondary N) is 1. The van der Waals surface area contributed by atoms with Crippen LogP contribution in [0.15, 0.2) is 78.9 Å². The molecular weight excluding hydrogens is 346 g/mol. The Balaban J connectivity index is 1.53. The second kappa shape index (κ2) is 9.07. The molecule has 0 bridgehead atoms. The van der Waals surface area contributed by atoms with Crippen molar-refractivity contribution in [1.82, 2.24) is 0 Å². The van der Waals surface area contributed by atoms with Gasteiger partial charge in [0, 0.05) is 23.2 Å². The lowest BCUT2D eigenvalue weighted by atomic mass is 10.1. The Bertz CT molecular complexity index is 865. The molecule has 1 amide bonds. The van der Waals surface area contributed by atoms with Crippen molar-refractivity contribution in [2.75, 3.05) is 5.32 Å². The van der Waals surface area contributed by atoms with E-state index in [0.717, 1.165) is 22.6 Å². The monoisotopic (exact) mass is 365 g/mol. The van der Waals surface area contributed by atoms with E-state index in [4.69, 9.17) is 16.3 Å². The molecule has 4 heteroatoms. The Kier molecular flexibility index (Phi) is 6.29. The van der Waals surface area contributed by atoms with Crippen molar-refractivity contribution in [2.45, 2.75) is 19.4 Å². The third kappa shape index (κ3) is 5.36. The van der Waals surface area contributed by atoms with Gasteiger partial charge in [-0.1, -0.05) is 66.2 Å². The highest BCUT2D eigenvalue weighted by Gasteiger charge is 2.06. The molecule has 3 nitrogen and oxygen atoms in total. The van der Waals surface area contributed by atoms with Crippen LogP contribution in [0.1, 0.15) is 17.5 Å². The van der Waals surface area contributed by atoms with E-state index >= 15 is 0 Å². The maximum absolute atomic E-state index is 12.2. The number of amides is 1. The number of halogens is 1. The second-order valence-electron chi connectivity index (χ2n) is 5.94. The van der Waals surface area contributed by atoms with Gasteiger partial charge in [0.05, 0.1) is 0 Å². The third-order valence-electron chi connectivity index (χ3n) is 3.95. The van der Waals surface area contributed by atoms with Gasteiger partial charge in [0.2, 0.25) is 5.91 Å². The van der Waals surface area contributed by atoms with E-state index in [-0.39, 0.29) is 5.91 Å². The van der Waals surface area contributed by atoms with Gasteiger partial charge in [0.1, 0.15) is 12.4 Å². The summed E-state index contributed by atoms with van der Waals surface area (Å²) in [7, 11) is 0. The third-order valence-corrected chi connectivity index (χ3v) is 4.31. The molecule has 1 N–H and O–H groups in total. The number of anilines is 1. The molecule has 0 radical (unpaired) electrons. The summed E-state index contributed by atoms with van der Waals surface area (Å²) in [6.45, 7) is 0.491. The highest BCUT2D eigenvalue weighted by Crippen LogP contribution is 2.20. The van der Waals surface area contributed by atoms with Gasteiger partial charge >= 0.3 is 0 Å². The number of carbonyl (C=O) groups excluding carboxylic acids is 1. The molecule has 0 spiro atoms. The summed E-state index contributed by atoms with van der Waals surface area (Å²) in [5.74, 6) is 0.669. The van der Waals surface area contributed by atoms with Crippen LogP contribution in [0.4, 0.5) is 5.69 Å². The van der Waals surface area contributed by atoms with Crippen LogP contribution in [0.25, 0.3) is 0 Å². The summed E-state index contributed by atoms with van der Waals surface area (Å²) in [5, 5.41) is 3.60. The van der Waals surface area contributed by atoms with Gasteiger partial charge in [-0.25, -0.2) is 0 Å². The molecule has 3 rings (SSSR count). The number of rotatable bonds is 7. The SMILES string of the molecule is O=C(CCc1ccccc1Cl)Nc1cccc(OCc2ccccc2)c1. The Labute approximate surface area is 158 Å². The number of carbonyl (C=O) groups is 1. The van der Waals surface area contributed by atoms with E-state index in [1.54, 1.807) is 0 Å². The minimum absolute atomic E-state index is 0.0508. The summed E-state index contributed by atoms with van der Waals surface area (Å²) in [4.78, 5) is 12.2. The number of hydrogen-bond acceptors (Lipinski definition) is 2. The topological polar surface area (TPSA) is 38.3 Å². The molecule has 0 aliphatic heterocycles. The van der Waals surface area contributed by atoms with E-state index in [1.807, 2.05) is 78.9 Å². The molecule has 132 valence electrons. The predicted octanol–water partition coefficient (Wildman–Crippen LogP) is 5.49. The number of ether oxygens (including phenoxy) is 1. The Morgan fingerprint density at radius 3 is 2.50 bits per heavy atom. The van der Waals surface area contributed by atoms with Crippen molar-refractivity contribution < 1.29 is 9.53 Å². The number of hydrogen-bond donors (Lipinski definition) is 1. The van der Waals surface area contributed by atoms with E-state index in [1.165, 1.54) is 0 Å². The molecule has 0 heterocycles. The van der Waals surface area contributed by atoms with Crippen LogP contribution < -0.4 is 10.1 Å². The summed E-state index contributed by atoms with van der Waals surface area (Å²) in [6, 6.07) is 25.0. The van der Waals surface area contributed by atoms with E-state index in [9.17, 15) is 4.79 Å². The largest absolute Gasteiger partial charge is 0.489 e. The van der Waals surface area contributed by atoms with Gasteiger partial charge < -0.3 is 10.1 Å². The fourth-order valence-corrected chi connectivity index (χ4v) is 2.81. The summed E-state index contributed by atoms with van der Waals surface area (Å²) in [5.41, 5.74) is 2.80. The summed E-state index contributed by atoms with van der Waals surface area (Å²) in [6.07, 6.45) is 0.981. The molecule has 26 heavy (non-hydrogen) atoms. The van der Waals surface area contributed by atoms with Gasteiger partial charge in [0.15, 0.2) is 0 Å². The molecule has 3 aromatic rings. The van der Waals surface area contributed by atoms with Gasteiger partial charge in [-0.05, 0) is 35.7 Å². The second-order valence-corrected chi connectivity index (χ2v) is 6.35. The van der Waals surface area contributed by atoms with Crippen LogP contribution >= 0.6 is 11.6 Å². The minimum Gasteiger partial charge on any atom is -0.489 e. The van der Waals surface area contributed by atoms with E-state index in [2.05, 4.69) is 5.32 Å². The van der Waals surface area contributed by atoms with Gasteiger partial charge in [-0.15, -0.1) is 0 Å². The molecule has 0 saturated heterocycles. The first-order valence-corrected chi connectivity index (χ1v) is 8.88. The molecule has 0 unspecified atom stereocenters. The molecule has 0 aromatic heterocycles. The normalized spacial score (nSPS) is 10.3. The lowest BCUT2D eigenvalue weighted by molar-refractivity contribution is -0.116. The summed E-state index contributed by atoms with van der Waals surface area (Å²) < 4.78 is 5.79. The van der Waals surface area contributed by atoms with Gasteiger partial charge in [-0.2, -0.15) is 0 Å². The zero-order valence-electron chi connectivity index (χ0n) is 14.3. The Morgan fingerprint density at radius 2 is 1.69 bits per heavy atom. The molecular formula is C22H20ClNO2. The minimum atomic E-state index is -0.0508. The van der Waals surface area contributed by atoms with Crippen molar-refractivity contribution >= 4 is 23.2 Å². The number of benzene rings is 3. The van der Waals surface area contributed by atoms with Crippen LogP contribution in [-0.2, 0) is 17.8 Å². The average molecular weight is 366 g/mol. The van der Waals surface area contributed by atoms with Crippen LogP contribution in [-0.4, -0.2) is 5.91 Å². The number of aryl methyl sites for hydroxylation is 1. The van der Waals surface area contributed by atoms with Crippen molar-refractivity contribution in [3.05, 3.63) is 95.0 Å². The van der Waals surface area contributed by atoms with Crippen LogP contribution in [0, 0.1) is 0 Å². The molecule has 3 aromatic carbocycles. The van der Waals surface area contributed by atoms with Crippen LogP contribution in [0.3, 0.4) is 0 Å². The maximum atomic E-state index is 12.2. The van der Waals surface area contributed by atoms with Crippen molar-refractivity contribution in [3.8, 4) is 5.75 Å². The molecule has 0 aliphatic carbocycles. The lowest BCUT2D eigenvalue weighted by Gasteiger charge is -2.10. The summed E-state index contributed by atoms with van der Waals surface area (Å²) >= 11 is 6.13. The molecule has 0 saturated carbocycles. The predicted molar refractivity (Wildman–Crippen MR) is 106 cm³/mol. The van der Waals surface area contributed by atoms with E-state index < -0.39 is 0 Å². The van der Waals surface area contributed by atoms with Gasteiger partial charge in [0.25, 0.3) is 0 Å². The highest BCUT2D eigenvalue weighted by atomic mass is 35.5. The smallest absolute Gasteiger partial charge is 0.224 e. The Morgan fingerprint density at radius 1 is 0.923 bits per heavy atom. The van der Waals surface area contributed by atoms with E-state index in [0.29, 0.717) is 24.5 Å². The average Bonchev–Trinajstić information content (AvgIpc) is 2.67. The van der Waals surface area contributed by atoms with Gasteiger partial charge in [-0.3, -0.25) is 4.79 Å². The highest BCUT2D eigenvalue weighted by molar-refractivity contribution is 6.31. The molecule has 0 fully saturated rings.